The van der Waals surface area contributed by atoms with Crippen LogP contribution in [0.15, 0.2) is 18.2 Å². The maximum Gasteiger partial charge on any atom is 0.254 e. The number of benzene rings is 1. The standard InChI is InChI=1S/C16H21FN2O3/c1-11(21)18-15-10-12(5-6-14(15)17)16(22)19-8-3-2-4-13(19)7-9-20/h5-6,10,13,20H,2-4,7-9H2,1H3,(H,18,21). The molecule has 0 aliphatic carbocycles. The van der Waals surface area contributed by atoms with Crippen molar-refractivity contribution in [1.29, 1.82) is 0 Å². The normalized spacial score (nSPS) is 18.1. The molecule has 0 bridgehead atoms. The van der Waals surface area contributed by atoms with E-state index in [0.717, 1.165) is 19.3 Å². The number of hydrogen-bond acceptors (Lipinski definition) is 3. The Bertz CT molecular complexity index is 560. The van der Waals surface area contributed by atoms with Crippen LogP contribution in [-0.4, -0.2) is 41.0 Å². The topological polar surface area (TPSA) is 69.6 Å². The zero-order valence-corrected chi connectivity index (χ0v) is 12.6. The van der Waals surface area contributed by atoms with E-state index in [4.69, 9.17) is 5.11 Å². The first-order chi connectivity index (χ1) is 10.5. The minimum Gasteiger partial charge on any atom is -0.396 e. The molecule has 1 aromatic rings. The van der Waals surface area contributed by atoms with Crippen LogP contribution in [-0.2, 0) is 4.79 Å². The molecule has 1 heterocycles. The Kier molecular flexibility index (Phi) is 5.49. The molecule has 2 N–H and O–H groups in total. The Hall–Kier alpha value is -1.95. The molecule has 0 spiro atoms. The quantitative estimate of drug-likeness (QED) is 0.895. The number of piperidine rings is 1. The summed E-state index contributed by atoms with van der Waals surface area (Å²) in [5, 5.41) is 11.5. The van der Waals surface area contributed by atoms with Crippen molar-refractivity contribution in [1.82, 2.24) is 4.90 Å². The van der Waals surface area contributed by atoms with Gasteiger partial charge in [-0.3, -0.25) is 9.59 Å². The Balaban J connectivity index is 2.22. The molecule has 120 valence electrons. The summed E-state index contributed by atoms with van der Waals surface area (Å²) in [6.07, 6.45) is 3.37. The lowest BCUT2D eigenvalue weighted by atomic mass is 9.98. The number of hydrogen-bond donors (Lipinski definition) is 2. The third-order valence-electron chi connectivity index (χ3n) is 3.87. The summed E-state index contributed by atoms with van der Waals surface area (Å²) in [5.41, 5.74) is 0.351. The van der Waals surface area contributed by atoms with Gasteiger partial charge in [0.15, 0.2) is 0 Å². The van der Waals surface area contributed by atoms with Crippen molar-refractivity contribution in [2.24, 2.45) is 0 Å². The largest absolute Gasteiger partial charge is 0.396 e. The molecule has 1 atom stereocenters. The van der Waals surface area contributed by atoms with Crippen LogP contribution in [0.5, 0.6) is 0 Å². The lowest BCUT2D eigenvalue weighted by molar-refractivity contribution is -0.114. The van der Waals surface area contributed by atoms with Crippen molar-refractivity contribution in [2.45, 2.75) is 38.6 Å². The molecule has 1 aliphatic rings. The molecule has 22 heavy (non-hydrogen) atoms. The second-order valence-electron chi connectivity index (χ2n) is 5.54. The Morgan fingerprint density at radius 2 is 2.18 bits per heavy atom. The average molecular weight is 308 g/mol. The van der Waals surface area contributed by atoms with Gasteiger partial charge in [-0.25, -0.2) is 4.39 Å². The third kappa shape index (κ3) is 3.82. The number of nitrogens with zero attached hydrogens (tertiary/aromatic N) is 1. The summed E-state index contributed by atoms with van der Waals surface area (Å²) in [7, 11) is 0. The molecule has 0 radical (unpaired) electrons. The zero-order valence-electron chi connectivity index (χ0n) is 12.6. The van der Waals surface area contributed by atoms with Gasteiger partial charge in [0.05, 0.1) is 5.69 Å². The van der Waals surface area contributed by atoms with Crippen LogP contribution < -0.4 is 5.32 Å². The summed E-state index contributed by atoms with van der Waals surface area (Å²) in [4.78, 5) is 25.5. The van der Waals surface area contributed by atoms with E-state index in [1.54, 1.807) is 4.90 Å². The molecular weight excluding hydrogens is 287 g/mol. The number of carbonyl (C=O) groups is 2. The highest BCUT2D eigenvalue weighted by Crippen LogP contribution is 2.24. The molecule has 2 amide bonds. The highest BCUT2D eigenvalue weighted by atomic mass is 19.1. The van der Waals surface area contributed by atoms with Gasteiger partial charge >= 0.3 is 0 Å². The van der Waals surface area contributed by atoms with Gasteiger partial charge in [-0.2, -0.15) is 0 Å². The van der Waals surface area contributed by atoms with Crippen LogP contribution in [0.25, 0.3) is 0 Å². The molecule has 0 saturated carbocycles. The molecule has 1 fully saturated rings. The Morgan fingerprint density at radius 3 is 2.86 bits per heavy atom. The second-order valence-corrected chi connectivity index (χ2v) is 5.54. The van der Waals surface area contributed by atoms with E-state index in [1.807, 2.05) is 0 Å². The van der Waals surface area contributed by atoms with E-state index in [1.165, 1.54) is 25.1 Å². The minimum atomic E-state index is -0.572. The second kappa shape index (κ2) is 7.35. The van der Waals surface area contributed by atoms with Crippen LogP contribution >= 0.6 is 0 Å². The number of anilines is 1. The summed E-state index contributed by atoms with van der Waals surface area (Å²) in [6, 6.07) is 3.99. The van der Waals surface area contributed by atoms with Crippen LogP contribution in [0.4, 0.5) is 10.1 Å². The van der Waals surface area contributed by atoms with Gasteiger partial charge in [-0.05, 0) is 43.9 Å². The predicted molar refractivity (Wildman–Crippen MR) is 81.1 cm³/mol. The van der Waals surface area contributed by atoms with E-state index in [0.29, 0.717) is 18.5 Å². The van der Waals surface area contributed by atoms with Crippen LogP contribution in [0.1, 0.15) is 43.0 Å². The van der Waals surface area contributed by atoms with Gasteiger partial charge < -0.3 is 15.3 Å². The van der Waals surface area contributed by atoms with Crippen molar-refractivity contribution >= 4 is 17.5 Å². The third-order valence-corrected chi connectivity index (χ3v) is 3.87. The fourth-order valence-electron chi connectivity index (χ4n) is 2.83. The average Bonchev–Trinajstić information content (AvgIpc) is 2.49. The fraction of sp³-hybridized carbons (Fsp3) is 0.500. The Morgan fingerprint density at radius 1 is 1.41 bits per heavy atom. The molecule has 1 aliphatic heterocycles. The molecule has 5 nitrogen and oxygen atoms in total. The summed E-state index contributed by atoms with van der Waals surface area (Å²) < 4.78 is 13.7. The van der Waals surface area contributed by atoms with Gasteiger partial charge in [0, 0.05) is 31.7 Å². The molecule has 0 aromatic heterocycles. The van der Waals surface area contributed by atoms with Gasteiger partial charge in [0.2, 0.25) is 5.91 Å². The molecule has 1 saturated heterocycles. The predicted octanol–water partition coefficient (Wildman–Crippen LogP) is 2.16. The lowest BCUT2D eigenvalue weighted by Crippen LogP contribution is -2.44. The van der Waals surface area contributed by atoms with E-state index >= 15 is 0 Å². The molecule has 1 unspecified atom stereocenters. The van der Waals surface area contributed by atoms with Crippen molar-refractivity contribution in [3.05, 3.63) is 29.6 Å². The van der Waals surface area contributed by atoms with Gasteiger partial charge in [0.1, 0.15) is 5.82 Å². The number of halogens is 1. The summed E-state index contributed by atoms with van der Waals surface area (Å²) in [6.45, 7) is 1.96. The van der Waals surface area contributed by atoms with Crippen molar-refractivity contribution in [2.75, 3.05) is 18.5 Å². The van der Waals surface area contributed by atoms with Crippen LogP contribution in [0.3, 0.4) is 0 Å². The maximum absolute atomic E-state index is 13.7. The van der Waals surface area contributed by atoms with Crippen molar-refractivity contribution in [3.63, 3.8) is 0 Å². The fourth-order valence-corrected chi connectivity index (χ4v) is 2.83. The number of rotatable bonds is 4. The van der Waals surface area contributed by atoms with Gasteiger partial charge in [-0.15, -0.1) is 0 Å². The Labute approximate surface area is 129 Å². The SMILES string of the molecule is CC(=O)Nc1cc(C(=O)N2CCCCC2CCO)ccc1F. The summed E-state index contributed by atoms with van der Waals surface area (Å²) in [5.74, 6) is -1.15. The maximum atomic E-state index is 13.7. The number of nitrogens with one attached hydrogen (secondary N) is 1. The van der Waals surface area contributed by atoms with Gasteiger partial charge in [-0.1, -0.05) is 0 Å². The molecule has 2 rings (SSSR count). The number of amides is 2. The smallest absolute Gasteiger partial charge is 0.254 e. The molecule has 6 heteroatoms. The van der Waals surface area contributed by atoms with E-state index < -0.39 is 5.82 Å². The van der Waals surface area contributed by atoms with E-state index in [2.05, 4.69) is 5.32 Å². The number of aliphatic hydroxyl groups excluding tert-OH is 1. The monoisotopic (exact) mass is 308 g/mol. The van der Waals surface area contributed by atoms with Crippen LogP contribution in [0, 0.1) is 5.82 Å². The van der Waals surface area contributed by atoms with Crippen molar-refractivity contribution in [3.8, 4) is 0 Å². The van der Waals surface area contributed by atoms with E-state index in [-0.39, 0.29) is 30.2 Å². The first kappa shape index (κ1) is 16.4. The number of likely N-dealkylation sites (tertiary alicyclic amines) is 1. The van der Waals surface area contributed by atoms with Crippen molar-refractivity contribution < 1.29 is 19.1 Å². The molecular formula is C16H21FN2O3. The van der Waals surface area contributed by atoms with Crippen LogP contribution in [0.2, 0.25) is 0 Å². The van der Waals surface area contributed by atoms with E-state index in [9.17, 15) is 14.0 Å². The summed E-state index contributed by atoms with van der Waals surface area (Å²) >= 11 is 0. The minimum absolute atomic E-state index is 0.00840. The number of carbonyl (C=O) groups excluding carboxylic acids is 2. The highest BCUT2D eigenvalue weighted by molar-refractivity contribution is 5.97. The molecule has 1 aromatic carbocycles. The highest BCUT2D eigenvalue weighted by Gasteiger charge is 2.27. The van der Waals surface area contributed by atoms with Gasteiger partial charge in [0.25, 0.3) is 5.91 Å². The zero-order chi connectivity index (χ0) is 16.1. The first-order valence-corrected chi connectivity index (χ1v) is 7.52. The lowest BCUT2D eigenvalue weighted by Gasteiger charge is -2.35. The first-order valence-electron chi connectivity index (χ1n) is 7.52. The number of aliphatic hydroxyl groups is 1.